The highest BCUT2D eigenvalue weighted by molar-refractivity contribution is 7.90. The van der Waals surface area contributed by atoms with Gasteiger partial charge in [0.25, 0.3) is 0 Å². The third-order valence-electron chi connectivity index (χ3n) is 4.20. The van der Waals surface area contributed by atoms with Crippen LogP contribution in [0, 0.1) is 5.92 Å². The van der Waals surface area contributed by atoms with Crippen molar-refractivity contribution in [3.8, 4) is 0 Å². The van der Waals surface area contributed by atoms with Crippen LogP contribution in [0.4, 0.5) is 0 Å². The zero-order valence-corrected chi connectivity index (χ0v) is 12.4. The van der Waals surface area contributed by atoms with Crippen LogP contribution in [0.25, 0.3) is 0 Å². The molecule has 1 saturated heterocycles. The SMILES string of the molecule is O=S(=O)(NCC1CCN(Cc2ccco2)CC1)C1CC1. The molecular formula is C14H22N2O3S. The second-order valence-corrected chi connectivity index (χ2v) is 7.94. The molecule has 0 amide bonds. The van der Waals surface area contributed by atoms with E-state index in [0.29, 0.717) is 12.5 Å². The van der Waals surface area contributed by atoms with Gasteiger partial charge in [0, 0.05) is 6.54 Å². The number of sulfonamides is 1. The van der Waals surface area contributed by atoms with Gasteiger partial charge in [0.05, 0.1) is 18.1 Å². The van der Waals surface area contributed by atoms with Crippen molar-refractivity contribution in [1.82, 2.24) is 9.62 Å². The number of piperidine rings is 1. The molecule has 0 spiro atoms. The Labute approximate surface area is 120 Å². The molecule has 2 aliphatic rings. The summed E-state index contributed by atoms with van der Waals surface area (Å²) in [7, 11) is -3.02. The highest BCUT2D eigenvalue weighted by Gasteiger charge is 2.35. The lowest BCUT2D eigenvalue weighted by molar-refractivity contribution is 0.168. The normalized spacial score (nSPS) is 22.2. The van der Waals surface area contributed by atoms with E-state index in [-0.39, 0.29) is 5.25 Å². The number of nitrogens with zero attached hydrogens (tertiary/aromatic N) is 1. The molecule has 0 atom stereocenters. The summed E-state index contributed by atoms with van der Waals surface area (Å²) in [6, 6.07) is 3.91. The summed E-state index contributed by atoms with van der Waals surface area (Å²) >= 11 is 0. The number of furan rings is 1. The average Bonchev–Trinajstić information content (AvgIpc) is 3.19. The Kier molecular flexibility index (Phi) is 4.14. The molecule has 2 heterocycles. The van der Waals surface area contributed by atoms with Gasteiger partial charge in [-0.1, -0.05) is 0 Å². The standard InChI is InChI=1S/C14H22N2O3S/c17-20(18,14-3-4-14)15-10-12-5-7-16(8-6-12)11-13-2-1-9-19-13/h1-2,9,12,14-15H,3-8,10-11H2. The Bertz CT molecular complexity index is 515. The summed E-state index contributed by atoms with van der Waals surface area (Å²) in [5.41, 5.74) is 0. The van der Waals surface area contributed by atoms with E-state index in [1.54, 1.807) is 6.26 Å². The third kappa shape index (κ3) is 3.62. The van der Waals surface area contributed by atoms with Gasteiger partial charge in [-0.15, -0.1) is 0 Å². The predicted molar refractivity (Wildman–Crippen MR) is 76.7 cm³/mol. The zero-order valence-electron chi connectivity index (χ0n) is 11.6. The molecule has 0 aromatic carbocycles. The van der Waals surface area contributed by atoms with E-state index >= 15 is 0 Å². The first-order chi connectivity index (χ1) is 9.63. The van der Waals surface area contributed by atoms with Gasteiger partial charge < -0.3 is 4.42 Å². The predicted octanol–water partition coefficient (Wildman–Crippen LogP) is 1.57. The fourth-order valence-corrected chi connectivity index (χ4v) is 4.16. The van der Waals surface area contributed by atoms with Crippen molar-refractivity contribution in [1.29, 1.82) is 0 Å². The molecule has 0 unspecified atom stereocenters. The Morgan fingerprint density at radius 1 is 1.25 bits per heavy atom. The summed E-state index contributed by atoms with van der Waals surface area (Å²) in [5.74, 6) is 1.47. The molecular weight excluding hydrogens is 276 g/mol. The molecule has 1 aromatic heterocycles. The van der Waals surface area contributed by atoms with Crippen molar-refractivity contribution in [2.45, 2.75) is 37.5 Å². The van der Waals surface area contributed by atoms with Gasteiger partial charge >= 0.3 is 0 Å². The summed E-state index contributed by atoms with van der Waals surface area (Å²) in [6.45, 7) is 3.48. The Hall–Kier alpha value is -0.850. The van der Waals surface area contributed by atoms with Crippen LogP contribution in [0.2, 0.25) is 0 Å². The minimum absolute atomic E-state index is 0.110. The number of hydrogen-bond acceptors (Lipinski definition) is 4. The van der Waals surface area contributed by atoms with E-state index in [4.69, 9.17) is 4.42 Å². The maximum atomic E-state index is 11.8. The van der Waals surface area contributed by atoms with E-state index in [2.05, 4.69) is 9.62 Å². The van der Waals surface area contributed by atoms with Gasteiger partial charge in [0.15, 0.2) is 0 Å². The Morgan fingerprint density at radius 2 is 2.00 bits per heavy atom. The maximum absolute atomic E-state index is 11.8. The number of likely N-dealkylation sites (tertiary alicyclic amines) is 1. The lowest BCUT2D eigenvalue weighted by atomic mass is 9.97. The second-order valence-electron chi connectivity index (χ2n) is 5.89. The topological polar surface area (TPSA) is 62.6 Å². The average molecular weight is 298 g/mol. The molecule has 1 aliphatic carbocycles. The van der Waals surface area contributed by atoms with Crippen LogP contribution in [0.5, 0.6) is 0 Å². The molecule has 0 bridgehead atoms. The van der Waals surface area contributed by atoms with Gasteiger partial charge in [0.1, 0.15) is 5.76 Å². The molecule has 1 N–H and O–H groups in total. The minimum atomic E-state index is -3.02. The van der Waals surface area contributed by atoms with Gasteiger partial charge in [-0.2, -0.15) is 0 Å². The van der Waals surface area contributed by atoms with Crippen LogP contribution in [0.3, 0.4) is 0 Å². The molecule has 0 radical (unpaired) electrons. The highest BCUT2D eigenvalue weighted by atomic mass is 32.2. The lowest BCUT2D eigenvalue weighted by Crippen LogP contribution is -2.39. The summed E-state index contributed by atoms with van der Waals surface area (Å²) in [5, 5.41) is -0.110. The smallest absolute Gasteiger partial charge is 0.214 e. The molecule has 20 heavy (non-hydrogen) atoms. The fourth-order valence-electron chi connectivity index (χ4n) is 2.70. The molecule has 1 aliphatic heterocycles. The van der Waals surface area contributed by atoms with Crippen molar-refractivity contribution in [3.05, 3.63) is 24.2 Å². The quantitative estimate of drug-likeness (QED) is 0.866. The van der Waals surface area contributed by atoms with Crippen molar-refractivity contribution < 1.29 is 12.8 Å². The van der Waals surface area contributed by atoms with Crippen molar-refractivity contribution in [2.24, 2.45) is 5.92 Å². The third-order valence-corrected chi connectivity index (χ3v) is 6.12. The zero-order chi connectivity index (χ0) is 14.0. The molecule has 2 fully saturated rings. The van der Waals surface area contributed by atoms with Crippen LogP contribution in [-0.2, 0) is 16.6 Å². The van der Waals surface area contributed by atoms with Crippen molar-refractivity contribution >= 4 is 10.0 Å². The summed E-state index contributed by atoms with van der Waals surface area (Å²) in [4.78, 5) is 2.37. The van der Waals surface area contributed by atoms with Crippen LogP contribution in [-0.4, -0.2) is 38.2 Å². The van der Waals surface area contributed by atoms with Crippen LogP contribution >= 0.6 is 0 Å². The first-order valence-electron chi connectivity index (χ1n) is 7.37. The molecule has 3 rings (SSSR count). The summed E-state index contributed by atoms with van der Waals surface area (Å²) in [6.07, 6.45) is 5.46. The van der Waals surface area contributed by atoms with E-state index in [9.17, 15) is 8.42 Å². The Morgan fingerprint density at radius 3 is 2.60 bits per heavy atom. The Balaban J connectivity index is 1.40. The number of nitrogens with one attached hydrogen (secondary N) is 1. The van der Waals surface area contributed by atoms with Gasteiger partial charge in [-0.05, 0) is 56.8 Å². The maximum Gasteiger partial charge on any atom is 0.214 e. The molecule has 5 nitrogen and oxygen atoms in total. The van der Waals surface area contributed by atoms with Crippen LogP contribution in [0.15, 0.2) is 22.8 Å². The summed E-state index contributed by atoms with van der Waals surface area (Å²) < 4.78 is 31.7. The van der Waals surface area contributed by atoms with Gasteiger partial charge in [-0.25, -0.2) is 13.1 Å². The van der Waals surface area contributed by atoms with E-state index < -0.39 is 10.0 Å². The van der Waals surface area contributed by atoms with E-state index in [0.717, 1.165) is 51.1 Å². The minimum Gasteiger partial charge on any atom is -0.468 e. The molecule has 1 saturated carbocycles. The first kappa shape index (κ1) is 14.1. The monoisotopic (exact) mass is 298 g/mol. The highest BCUT2D eigenvalue weighted by Crippen LogP contribution is 2.28. The number of hydrogen-bond donors (Lipinski definition) is 1. The van der Waals surface area contributed by atoms with Gasteiger partial charge in [-0.3, -0.25) is 4.90 Å². The van der Waals surface area contributed by atoms with Crippen molar-refractivity contribution in [2.75, 3.05) is 19.6 Å². The fraction of sp³-hybridized carbons (Fsp3) is 0.714. The number of rotatable bonds is 6. The second kappa shape index (κ2) is 5.87. The molecule has 1 aromatic rings. The lowest BCUT2D eigenvalue weighted by Gasteiger charge is -2.31. The largest absolute Gasteiger partial charge is 0.468 e. The molecule has 6 heteroatoms. The van der Waals surface area contributed by atoms with Gasteiger partial charge in [0.2, 0.25) is 10.0 Å². The molecule has 112 valence electrons. The van der Waals surface area contributed by atoms with E-state index in [1.165, 1.54) is 0 Å². The van der Waals surface area contributed by atoms with E-state index in [1.807, 2.05) is 12.1 Å². The first-order valence-corrected chi connectivity index (χ1v) is 8.91. The van der Waals surface area contributed by atoms with Crippen molar-refractivity contribution in [3.63, 3.8) is 0 Å². The van der Waals surface area contributed by atoms with Crippen LogP contribution < -0.4 is 4.72 Å². The van der Waals surface area contributed by atoms with Crippen LogP contribution in [0.1, 0.15) is 31.4 Å².